The third-order valence-electron chi connectivity index (χ3n) is 8.21. The second kappa shape index (κ2) is 14.5. The number of halogens is 2. The van der Waals surface area contributed by atoms with Crippen molar-refractivity contribution in [3.05, 3.63) is 93.4 Å². The molecule has 0 radical (unpaired) electrons. The largest absolute Gasteiger partial charge is 0.503 e. The molecule has 16 heteroatoms. The van der Waals surface area contributed by atoms with Crippen LogP contribution in [0.5, 0.6) is 11.5 Å². The van der Waals surface area contributed by atoms with E-state index in [4.69, 9.17) is 14.0 Å². The predicted octanol–water partition coefficient (Wildman–Crippen LogP) is 3.54. The predicted molar refractivity (Wildman–Crippen MR) is 173 cm³/mol. The number of hydrogen-bond acceptors (Lipinski definition) is 9. The van der Waals surface area contributed by atoms with Crippen LogP contribution in [0.4, 0.5) is 8.78 Å². The number of amides is 2. The van der Waals surface area contributed by atoms with Crippen molar-refractivity contribution in [2.45, 2.75) is 51.4 Å². The average molecular weight is 703 g/mol. The summed E-state index contributed by atoms with van der Waals surface area (Å²) < 4.78 is 59.8. The summed E-state index contributed by atoms with van der Waals surface area (Å²) in [6, 6.07) is 10.1. The molecule has 3 aromatic rings. The number of nitrogens with zero attached hydrogens (tertiary/aromatic N) is 2. The highest BCUT2D eigenvalue weighted by molar-refractivity contribution is 7.57. The molecule has 5 rings (SSSR count). The van der Waals surface area contributed by atoms with Crippen LogP contribution in [0.15, 0.2) is 59.5 Å². The van der Waals surface area contributed by atoms with Gasteiger partial charge in [0.05, 0.1) is 24.4 Å². The molecule has 1 spiro atoms. The molecule has 262 valence electrons. The van der Waals surface area contributed by atoms with Crippen molar-refractivity contribution < 1.29 is 46.8 Å². The molecule has 49 heavy (non-hydrogen) atoms. The van der Waals surface area contributed by atoms with E-state index in [0.29, 0.717) is 12.5 Å². The van der Waals surface area contributed by atoms with Crippen molar-refractivity contribution in [2.24, 2.45) is 0 Å². The molecule has 0 bridgehead atoms. The van der Waals surface area contributed by atoms with Crippen molar-refractivity contribution >= 4 is 25.3 Å². The van der Waals surface area contributed by atoms with Gasteiger partial charge in [0.1, 0.15) is 29.0 Å². The maximum absolute atomic E-state index is 14.2. The normalized spacial score (nSPS) is 19.0. The molecule has 2 amide bonds. The van der Waals surface area contributed by atoms with Gasteiger partial charge in [0, 0.05) is 44.1 Å². The van der Waals surface area contributed by atoms with Crippen molar-refractivity contribution in [2.75, 3.05) is 32.5 Å². The number of fused-ring (bicyclic) bond motifs is 2. The van der Waals surface area contributed by atoms with E-state index in [1.165, 1.54) is 22.6 Å². The molecular formula is C33H37F2N4O9P. The molecular weight excluding hydrogens is 665 g/mol. The van der Waals surface area contributed by atoms with Gasteiger partial charge in [-0.15, -0.1) is 0 Å². The summed E-state index contributed by atoms with van der Waals surface area (Å²) in [5.74, 6) is -4.77. The Hall–Kier alpha value is -4.59. The van der Waals surface area contributed by atoms with E-state index < -0.39 is 71.4 Å². The topological polar surface area (TPSA) is 165 Å². The Labute approximate surface area is 280 Å². The van der Waals surface area contributed by atoms with Gasteiger partial charge in [-0.2, -0.15) is 0 Å². The summed E-state index contributed by atoms with van der Waals surface area (Å²) in [7, 11) is -3.90. The van der Waals surface area contributed by atoms with Crippen LogP contribution in [0.2, 0.25) is 0 Å². The van der Waals surface area contributed by atoms with Gasteiger partial charge < -0.3 is 33.9 Å². The molecule has 2 aliphatic rings. The van der Waals surface area contributed by atoms with Gasteiger partial charge in [-0.1, -0.05) is 24.3 Å². The Kier molecular flexibility index (Phi) is 10.6. The lowest BCUT2D eigenvalue weighted by molar-refractivity contribution is -0.149. The highest BCUT2D eigenvalue weighted by atomic mass is 31.2. The van der Waals surface area contributed by atoms with Crippen LogP contribution in [0.1, 0.15) is 53.6 Å². The number of nitrogens with one attached hydrogen (secondary N) is 2. The third kappa shape index (κ3) is 7.85. The number of carbonyl (C=O) groups is 3. The number of benzene rings is 2. The molecule has 3 heterocycles. The van der Waals surface area contributed by atoms with Crippen molar-refractivity contribution in [3.8, 4) is 11.5 Å². The average Bonchev–Trinajstić information content (AvgIpc) is 3.52. The van der Waals surface area contributed by atoms with Gasteiger partial charge in [0.2, 0.25) is 5.43 Å². The van der Waals surface area contributed by atoms with E-state index >= 15 is 0 Å². The van der Waals surface area contributed by atoms with Gasteiger partial charge in [0.25, 0.3) is 11.8 Å². The zero-order chi connectivity index (χ0) is 35.5. The Morgan fingerprint density at radius 1 is 1.12 bits per heavy atom. The first kappa shape index (κ1) is 35.7. The zero-order valence-electron chi connectivity index (χ0n) is 27.1. The maximum atomic E-state index is 14.2. The number of aromatic nitrogens is 1. The van der Waals surface area contributed by atoms with Gasteiger partial charge in [-0.05, 0) is 45.4 Å². The summed E-state index contributed by atoms with van der Waals surface area (Å²) in [5, 5.41) is 16.3. The van der Waals surface area contributed by atoms with Crippen LogP contribution >= 0.6 is 7.52 Å². The van der Waals surface area contributed by atoms with E-state index in [-0.39, 0.29) is 56.0 Å². The molecule has 2 aliphatic heterocycles. The molecule has 0 saturated carbocycles. The van der Waals surface area contributed by atoms with Crippen LogP contribution in [-0.2, 0) is 30.9 Å². The minimum Gasteiger partial charge on any atom is -0.503 e. The summed E-state index contributed by atoms with van der Waals surface area (Å²) >= 11 is 0. The fourth-order valence-electron chi connectivity index (χ4n) is 5.74. The quantitative estimate of drug-likeness (QED) is 0.188. The van der Waals surface area contributed by atoms with E-state index in [9.17, 15) is 37.6 Å². The number of para-hydroxylation sites is 1. The molecule has 2 aromatic carbocycles. The van der Waals surface area contributed by atoms with Crippen LogP contribution in [0.25, 0.3) is 0 Å². The van der Waals surface area contributed by atoms with Gasteiger partial charge in [-0.3, -0.25) is 23.7 Å². The minimum absolute atomic E-state index is 0.000719. The molecule has 13 nitrogen and oxygen atoms in total. The SMILES string of the molecule is CC(C)OC(=O)[C@H](C)NP(=O)(CCN1C[C@]2(CCOC2)n2cc(C(=O)NCc3ccc(F)cc3F)c(=O)c(O)c2C1=O)Oc1ccccc1. The Bertz CT molecular complexity index is 1850. The van der Waals surface area contributed by atoms with Crippen molar-refractivity contribution in [3.63, 3.8) is 0 Å². The highest BCUT2D eigenvalue weighted by Gasteiger charge is 2.48. The van der Waals surface area contributed by atoms with Crippen LogP contribution < -0.4 is 20.4 Å². The lowest BCUT2D eigenvalue weighted by Gasteiger charge is -2.43. The van der Waals surface area contributed by atoms with Gasteiger partial charge >= 0.3 is 13.5 Å². The molecule has 1 fully saturated rings. The second-order valence-electron chi connectivity index (χ2n) is 12.2. The first-order valence-corrected chi connectivity index (χ1v) is 17.4. The summed E-state index contributed by atoms with van der Waals surface area (Å²) in [6.45, 7) is 4.61. The van der Waals surface area contributed by atoms with Crippen molar-refractivity contribution in [1.82, 2.24) is 19.9 Å². The molecule has 0 aliphatic carbocycles. The lowest BCUT2D eigenvalue weighted by Crippen LogP contribution is -2.56. The van der Waals surface area contributed by atoms with Crippen LogP contribution in [0.3, 0.4) is 0 Å². The van der Waals surface area contributed by atoms with E-state index in [1.54, 1.807) is 44.2 Å². The molecule has 3 atom stereocenters. The standard InChI is InChI=1S/C33H37F2N4O9P/c1-20(2)47-32(44)21(3)37-49(45,48-24-7-5-4-6-8-24)14-12-38-18-33(11-13-46-19-33)39-17-25(28(40)29(41)27(39)31(38)43)30(42)36-16-22-9-10-23(34)15-26(22)35/h4-10,15,17,20-21,41H,11-14,16,18-19H2,1-3H3,(H,36,42)(H,37,45)/t21-,33-,49?/m0/s1. The smallest absolute Gasteiger partial charge is 0.323 e. The number of pyridine rings is 1. The first-order chi connectivity index (χ1) is 23.2. The minimum atomic E-state index is -3.90. The van der Waals surface area contributed by atoms with Crippen LogP contribution in [0, 0.1) is 11.6 Å². The Morgan fingerprint density at radius 2 is 1.86 bits per heavy atom. The molecule has 1 saturated heterocycles. The summed E-state index contributed by atoms with van der Waals surface area (Å²) in [5.41, 5.74) is -3.06. The Balaban J connectivity index is 1.42. The number of hydrogen-bond donors (Lipinski definition) is 3. The first-order valence-electron chi connectivity index (χ1n) is 15.6. The van der Waals surface area contributed by atoms with Gasteiger partial charge in [-0.25, -0.2) is 13.9 Å². The van der Waals surface area contributed by atoms with Crippen LogP contribution in [-0.4, -0.2) is 77.0 Å². The highest BCUT2D eigenvalue weighted by Crippen LogP contribution is 2.44. The second-order valence-corrected chi connectivity index (χ2v) is 14.5. The number of carbonyl (C=O) groups excluding carboxylic acids is 3. The Morgan fingerprint density at radius 3 is 2.51 bits per heavy atom. The summed E-state index contributed by atoms with van der Waals surface area (Å²) in [4.78, 5) is 54.2. The molecule has 1 aromatic heterocycles. The summed E-state index contributed by atoms with van der Waals surface area (Å²) in [6.07, 6.45) is 0.824. The molecule has 3 N–H and O–H groups in total. The van der Waals surface area contributed by atoms with Crippen molar-refractivity contribution in [1.29, 1.82) is 0 Å². The fraction of sp³-hybridized carbons (Fsp3) is 0.394. The van der Waals surface area contributed by atoms with E-state index in [2.05, 4.69) is 10.4 Å². The van der Waals surface area contributed by atoms with E-state index in [0.717, 1.165) is 12.1 Å². The number of ether oxygens (including phenoxy) is 2. The zero-order valence-corrected chi connectivity index (χ0v) is 28.0. The van der Waals surface area contributed by atoms with Gasteiger partial charge in [0.15, 0.2) is 11.4 Å². The molecule has 1 unspecified atom stereocenters. The number of esters is 1. The third-order valence-corrected chi connectivity index (χ3v) is 10.3. The number of aromatic hydroxyl groups is 1. The maximum Gasteiger partial charge on any atom is 0.323 e. The number of rotatable bonds is 12. The lowest BCUT2D eigenvalue weighted by atomic mass is 9.92. The monoisotopic (exact) mass is 702 g/mol. The fourth-order valence-corrected chi connectivity index (χ4v) is 7.68. The van der Waals surface area contributed by atoms with E-state index in [1.807, 2.05) is 0 Å².